The summed E-state index contributed by atoms with van der Waals surface area (Å²) in [5.74, 6) is 6.60. The monoisotopic (exact) mass is 490 g/mol. The second kappa shape index (κ2) is 11.1. The van der Waals surface area contributed by atoms with Crippen LogP contribution in [0.3, 0.4) is 0 Å². The number of rotatable bonds is 6. The fourth-order valence-electron chi connectivity index (χ4n) is 4.92. The molecule has 1 fully saturated rings. The minimum absolute atomic E-state index is 0.112. The molecule has 0 spiro atoms. The van der Waals surface area contributed by atoms with Crippen LogP contribution < -0.4 is 0 Å². The summed E-state index contributed by atoms with van der Waals surface area (Å²) >= 11 is 0. The van der Waals surface area contributed by atoms with E-state index < -0.39 is 0 Å². The number of benzene rings is 2. The Kier molecular flexibility index (Phi) is 7.50. The number of hydrogen-bond donors (Lipinski definition) is 0. The molecule has 0 atom stereocenters. The molecule has 37 heavy (non-hydrogen) atoms. The number of piperazine rings is 1. The fourth-order valence-corrected chi connectivity index (χ4v) is 4.92. The van der Waals surface area contributed by atoms with Gasteiger partial charge >= 0.3 is 0 Å². The van der Waals surface area contributed by atoms with Crippen LogP contribution in [0.2, 0.25) is 0 Å². The number of aromatic nitrogens is 2. The predicted molar refractivity (Wildman–Crippen MR) is 149 cm³/mol. The Balaban J connectivity index is 1.27. The zero-order valence-electron chi connectivity index (χ0n) is 22.0. The van der Waals surface area contributed by atoms with Crippen LogP contribution in [0.5, 0.6) is 0 Å². The standard InChI is InChI=1S/C32H34N4O/c1-4-34-15-17-35(18-16-34)23-29-11-9-26(19-25(29)3)20-31(37)28-10-8-24(2)27(21-28)12-13-30-22-33-32-7-5-6-14-36(30)32/h5-11,14,19,21-22H,4,15-18,20,23H2,1-3H3. The first-order valence-corrected chi connectivity index (χ1v) is 13.1. The maximum atomic E-state index is 13.2. The molecule has 1 aliphatic heterocycles. The van der Waals surface area contributed by atoms with E-state index in [2.05, 4.69) is 58.7 Å². The van der Waals surface area contributed by atoms with Crippen molar-refractivity contribution >= 4 is 11.4 Å². The number of Topliss-reactive ketones (excluding diaryl/α,β-unsaturated/α-hetero) is 1. The number of fused-ring (bicyclic) bond motifs is 1. The molecular formula is C32H34N4O. The summed E-state index contributed by atoms with van der Waals surface area (Å²) in [6.45, 7) is 13.0. The number of hydrogen-bond acceptors (Lipinski definition) is 4. The molecule has 2 aromatic heterocycles. The predicted octanol–water partition coefficient (Wildman–Crippen LogP) is 4.91. The molecule has 2 aromatic carbocycles. The SMILES string of the molecule is CCN1CCN(Cc2ccc(CC(=O)c3ccc(C)c(C#Cc4cnc5ccccn45)c3)cc2C)CC1. The van der Waals surface area contributed by atoms with Crippen LogP contribution in [0.1, 0.15) is 50.8 Å². The van der Waals surface area contributed by atoms with Crippen LogP contribution in [-0.4, -0.2) is 57.7 Å². The Morgan fingerprint density at radius 1 is 0.919 bits per heavy atom. The van der Waals surface area contributed by atoms with Gasteiger partial charge in [0.2, 0.25) is 0 Å². The maximum Gasteiger partial charge on any atom is 0.167 e. The number of ketones is 1. The van der Waals surface area contributed by atoms with Gasteiger partial charge in [-0.05, 0) is 66.8 Å². The number of likely N-dealkylation sites (N-methyl/N-ethyl adjacent to an activating group) is 1. The molecular weight excluding hydrogens is 456 g/mol. The number of nitrogens with zero attached hydrogens (tertiary/aromatic N) is 4. The summed E-state index contributed by atoms with van der Waals surface area (Å²) in [7, 11) is 0. The van der Waals surface area contributed by atoms with E-state index in [4.69, 9.17) is 0 Å². The lowest BCUT2D eigenvalue weighted by molar-refractivity contribution is 0.0993. The molecule has 188 valence electrons. The smallest absolute Gasteiger partial charge is 0.167 e. The molecule has 0 bridgehead atoms. The Morgan fingerprint density at radius 2 is 1.73 bits per heavy atom. The fraction of sp³-hybridized carbons (Fsp3) is 0.312. The molecule has 5 heteroatoms. The van der Waals surface area contributed by atoms with Gasteiger partial charge in [-0.25, -0.2) is 4.98 Å². The Morgan fingerprint density at radius 3 is 2.51 bits per heavy atom. The van der Waals surface area contributed by atoms with Crippen molar-refractivity contribution < 1.29 is 4.79 Å². The highest BCUT2D eigenvalue weighted by atomic mass is 16.1. The minimum atomic E-state index is 0.112. The van der Waals surface area contributed by atoms with Gasteiger partial charge in [0.15, 0.2) is 5.78 Å². The Bertz CT molecular complexity index is 1480. The van der Waals surface area contributed by atoms with E-state index in [9.17, 15) is 4.79 Å². The highest BCUT2D eigenvalue weighted by Gasteiger charge is 2.17. The summed E-state index contributed by atoms with van der Waals surface area (Å²) in [6, 6.07) is 18.2. The van der Waals surface area contributed by atoms with Crippen LogP contribution in [0.4, 0.5) is 0 Å². The van der Waals surface area contributed by atoms with Gasteiger partial charge in [0.25, 0.3) is 0 Å². The molecule has 4 aromatic rings. The zero-order valence-corrected chi connectivity index (χ0v) is 22.0. The highest BCUT2D eigenvalue weighted by molar-refractivity contribution is 5.98. The lowest BCUT2D eigenvalue weighted by Gasteiger charge is -2.34. The lowest BCUT2D eigenvalue weighted by atomic mass is 9.96. The van der Waals surface area contributed by atoms with E-state index in [1.54, 1.807) is 6.20 Å². The molecule has 0 radical (unpaired) electrons. The molecule has 0 aliphatic carbocycles. The van der Waals surface area contributed by atoms with Gasteiger partial charge in [-0.3, -0.25) is 14.1 Å². The third kappa shape index (κ3) is 5.83. The molecule has 1 saturated heterocycles. The second-order valence-electron chi connectivity index (χ2n) is 9.92. The molecule has 1 aliphatic rings. The van der Waals surface area contributed by atoms with E-state index in [0.29, 0.717) is 12.0 Å². The average Bonchev–Trinajstić information content (AvgIpc) is 3.33. The van der Waals surface area contributed by atoms with Crippen molar-refractivity contribution in [1.82, 2.24) is 19.2 Å². The van der Waals surface area contributed by atoms with E-state index in [1.165, 1.54) is 11.1 Å². The Labute approximate surface area is 219 Å². The third-order valence-corrected chi connectivity index (χ3v) is 7.38. The van der Waals surface area contributed by atoms with E-state index >= 15 is 0 Å². The van der Waals surface area contributed by atoms with Gasteiger partial charge < -0.3 is 4.90 Å². The van der Waals surface area contributed by atoms with Gasteiger partial charge in [-0.2, -0.15) is 0 Å². The molecule has 0 N–H and O–H groups in total. The summed E-state index contributed by atoms with van der Waals surface area (Å²) in [6.07, 6.45) is 4.13. The van der Waals surface area contributed by atoms with Crippen LogP contribution in [0.15, 0.2) is 67.0 Å². The quantitative estimate of drug-likeness (QED) is 0.284. The summed E-state index contributed by atoms with van der Waals surface area (Å²) in [5.41, 5.74) is 7.98. The second-order valence-corrected chi connectivity index (χ2v) is 9.92. The van der Waals surface area contributed by atoms with Crippen LogP contribution in [-0.2, 0) is 13.0 Å². The number of carbonyl (C=O) groups is 1. The molecule has 0 unspecified atom stereocenters. The average molecular weight is 491 g/mol. The first-order chi connectivity index (χ1) is 18.0. The van der Waals surface area contributed by atoms with Crippen LogP contribution in [0.25, 0.3) is 5.65 Å². The summed E-state index contributed by atoms with van der Waals surface area (Å²) in [4.78, 5) is 22.6. The highest BCUT2D eigenvalue weighted by Crippen LogP contribution is 2.18. The first kappa shape index (κ1) is 25.0. The van der Waals surface area contributed by atoms with Gasteiger partial charge in [0.1, 0.15) is 11.3 Å². The van der Waals surface area contributed by atoms with Crippen LogP contribution >= 0.6 is 0 Å². The molecule has 0 amide bonds. The largest absolute Gasteiger partial charge is 0.301 e. The van der Waals surface area contributed by atoms with Crippen molar-refractivity contribution in [2.24, 2.45) is 0 Å². The normalized spacial score (nSPS) is 14.5. The Hall–Kier alpha value is -3.72. The van der Waals surface area contributed by atoms with Gasteiger partial charge in [0.05, 0.1) is 6.20 Å². The van der Waals surface area contributed by atoms with Gasteiger partial charge in [0, 0.05) is 56.5 Å². The number of imidazole rings is 1. The van der Waals surface area contributed by atoms with E-state index in [0.717, 1.165) is 67.3 Å². The maximum absolute atomic E-state index is 13.2. The van der Waals surface area contributed by atoms with Gasteiger partial charge in [-0.1, -0.05) is 49.2 Å². The van der Waals surface area contributed by atoms with E-state index in [1.807, 2.05) is 53.9 Å². The number of aryl methyl sites for hydroxylation is 2. The topological polar surface area (TPSA) is 40.8 Å². The van der Waals surface area contributed by atoms with Gasteiger partial charge in [-0.15, -0.1) is 0 Å². The van der Waals surface area contributed by atoms with Crippen molar-refractivity contribution in [3.63, 3.8) is 0 Å². The lowest BCUT2D eigenvalue weighted by Crippen LogP contribution is -2.45. The van der Waals surface area contributed by atoms with Crippen molar-refractivity contribution in [1.29, 1.82) is 0 Å². The number of pyridine rings is 1. The van der Waals surface area contributed by atoms with Crippen molar-refractivity contribution in [2.75, 3.05) is 32.7 Å². The number of carbonyl (C=O) groups excluding carboxylic acids is 1. The summed E-state index contributed by atoms with van der Waals surface area (Å²) < 4.78 is 1.97. The molecule has 0 saturated carbocycles. The minimum Gasteiger partial charge on any atom is -0.301 e. The zero-order chi connectivity index (χ0) is 25.8. The van der Waals surface area contributed by atoms with Crippen molar-refractivity contribution in [2.45, 2.75) is 33.7 Å². The van der Waals surface area contributed by atoms with Crippen molar-refractivity contribution in [3.8, 4) is 11.8 Å². The molecule has 5 nitrogen and oxygen atoms in total. The van der Waals surface area contributed by atoms with E-state index in [-0.39, 0.29) is 5.78 Å². The molecule has 5 rings (SSSR count). The first-order valence-electron chi connectivity index (χ1n) is 13.1. The van der Waals surface area contributed by atoms with Crippen molar-refractivity contribution in [3.05, 3.63) is 106 Å². The molecule has 3 heterocycles. The summed E-state index contributed by atoms with van der Waals surface area (Å²) in [5, 5.41) is 0. The third-order valence-electron chi connectivity index (χ3n) is 7.38. The van der Waals surface area contributed by atoms with Crippen LogP contribution in [0, 0.1) is 25.7 Å².